The fraction of sp³-hybridized carbons (Fsp3) is 0.136. The fourth-order valence-electron chi connectivity index (χ4n) is 2.82. The normalized spacial score (nSPS) is 10.9. The first-order valence-corrected chi connectivity index (χ1v) is 10.8. The number of carbonyl (C=O) groups excluding carboxylic acids is 1. The average molecular weight is 442 g/mol. The van der Waals surface area contributed by atoms with Crippen molar-refractivity contribution in [1.82, 2.24) is 0 Å². The lowest BCUT2D eigenvalue weighted by Gasteiger charge is -2.14. The van der Waals surface area contributed by atoms with E-state index in [0.717, 1.165) is 5.69 Å². The van der Waals surface area contributed by atoms with E-state index in [2.05, 4.69) is 10.0 Å². The van der Waals surface area contributed by atoms with Crippen molar-refractivity contribution in [3.63, 3.8) is 0 Å². The Kier molecular flexibility index (Phi) is 6.36. The summed E-state index contributed by atoms with van der Waals surface area (Å²) in [5.74, 6) is -0.373. The molecule has 31 heavy (non-hydrogen) atoms. The number of benzene rings is 3. The maximum atomic E-state index is 12.8. The van der Waals surface area contributed by atoms with Gasteiger partial charge >= 0.3 is 0 Å². The summed E-state index contributed by atoms with van der Waals surface area (Å²) in [5, 5.41) is 12.7. The molecule has 0 saturated carbocycles. The minimum Gasteiger partial charge on any atom is -0.506 e. The summed E-state index contributed by atoms with van der Waals surface area (Å²) in [6, 6.07) is 17.1. The largest absolute Gasteiger partial charge is 0.506 e. The molecular formula is C22H23N3O5S. The van der Waals surface area contributed by atoms with Gasteiger partial charge in [-0.2, -0.15) is 0 Å². The van der Waals surface area contributed by atoms with Gasteiger partial charge in [-0.15, -0.1) is 0 Å². The number of aromatic hydroxyl groups is 1. The smallest absolute Gasteiger partial charge is 0.262 e. The van der Waals surface area contributed by atoms with Crippen molar-refractivity contribution in [2.24, 2.45) is 0 Å². The second-order valence-corrected chi connectivity index (χ2v) is 8.56. The monoisotopic (exact) mass is 441 g/mol. The van der Waals surface area contributed by atoms with Crippen LogP contribution < -0.4 is 19.7 Å². The summed E-state index contributed by atoms with van der Waals surface area (Å²) in [4.78, 5) is 14.3. The van der Waals surface area contributed by atoms with Crippen molar-refractivity contribution in [2.75, 3.05) is 36.1 Å². The van der Waals surface area contributed by atoms with Crippen LogP contribution in [0.2, 0.25) is 0 Å². The van der Waals surface area contributed by atoms with Crippen molar-refractivity contribution in [1.29, 1.82) is 0 Å². The summed E-state index contributed by atoms with van der Waals surface area (Å²) in [7, 11) is 1.21. The Balaban J connectivity index is 1.84. The number of ether oxygens (including phenoxy) is 1. The van der Waals surface area contributed by atoms with Crippen LogP contribution in [0.4, 0.5) is 17.1 Å². The van der Waals surface area contributed by atoms with Gasteiger partial charge in [0.1, 0.15) is 11.5 Å². The molecule has 0 spiro atoms. The van der Waals surface area contributed by atoms with E-state index in [4.69, 9.17) is 4.74 Å². The zero-order valence-corrected chi connectivity index (χ0v) is 18.1. The van der Waals surface area contributed by atoms with Gasteiger partial charge < -0.3 is 20.1 Å². The lowest BCUT2D eigenvalue weighted by Crippen LogP contribution is -2.16. The topological polar surface area (TPSA) is 108 Å². The van der Waals surface area contributed by atoms with E-state index < -0.39 is 15.9 Å². The van der Waals surface area contributed by atoms with Crippen molar-refractivity contribution in [3.05, 3.63) is 72.3 Å². The van der Waals surface area contributed by atoms with Crippen molar-refractivity contribution < 1.29 is 23.1 Å². The number of methoxy groups -OCH3 is 1. The maximum absolute atomic E-state index is 12.8. The Morgan fingerprint density at radius 1 is 0.968 bits per heavy atom. The van der Waals surface area contributed by atoms with Gasteiger partial charge in [0.05, 0.1) is 23.4 Å². The van der Waals surface area contributed by atoms with Gasteiger partial charge in [0.15, 0.2) is 0 Å². The number of nitrogens with one attached hydrogen (secondary N) is 2. The fourth-order valence-corrected chi connectivity index (χ4v) is 3.92. The predicted molar refractivity (Wildman–Crippen MR) is 121 cm³/mol. The lowest BCUT2D eigenvalue weighted by molar-refractivity contribution is 0.102. The molecule has 162 valence electrons. The van der Waals surface area contributed by atoms with Crippen LogP contribution in [-0.4, -0.2) is 40.6 Å². The van der Waals surface area contributed by atoms with Gasteiger partial charge in [0, 0.05) is 25.3 Å². The van der Waals surface area contributed by atoms with Crippen LogP contribution in [0, 0.1) is 0 Å². The molecule has 0 aliphatic carbocycles. The minimum atomic E-state index is -4.00. The Morgan fingerprint density at radius 2 is 1.65 bits per heavy atom. The maximum Gasteiger partial charge on any atom is 0.262 e. The van der Waals surface area contributed by atoms with Crippen LogP contribution in [0.15, 0.2) is 71.6 Å². The SMILES string of the molecule is COc1ccccc1NS(=O)(=O)c1ccc(O)c(NC(=O)c2ccc(N(C)C)cc2)c1. The molecule has 0 aromatic heterocycles. The molecule has 0 unspecified atom stereocenters. The number of amides is 1. The average Bonchev–Trinajstić information content (AvgIpc) is 2.75. The molecule has 0 aliphatic heterocycles. The summed E-state index contributed by atoms with van der Waals surface area (Å²) >= 11 is 0. The van der Waals surface area contributed by atoms with Crippen LogP contribution in [0.5, 0.6) is 11.5 Å². The number of para-hydroxylation sites is 2. The quantitative estimate of drug-likeness (QED) is 0.484. The van der Waals surface area contributed by atoms with E-state index in [-0.39, 0.29) is 22.0 Å². The van der Waals surface area contributed by atoms with Crippen molar-refractivity contribution in [2.45, 2.75) is 4.90 Å². The number of nitrogens with zero attached hydrogens (tertiary/aromatic N) is 1. The van der Waals surface area contributed by atoms with Gasteiger partial charge in [-0.25, -0.2) is 8.42 Å². The molecule has 0 saturated heterocycles. The number of phenols is 1. The minimum absolute atomic E-state index is 0.0235. The molecule has 0 heterocycles. The highest BCUT2D eigenvalue weighted by Gasteiger charge is 2.19. The third kappa shape index (κ3) is 5.07. The molecule has 3 aromatic carbocycles. The molecule has 0 radical (unpaired) electrons. The number of hydrogen-bond donors (Lipinski definition) is 3. The molecule has 0 fully saturated rings. The molecule has 0 bridgehead atoms. The number of sulfonamides is 1. The summed E-state index contributed by atoms with van der Waals surface area (Å²) < 4.78 is 33.3. The second-order valence-electron chi connectivity index (χ2n) is 6.88. The van der Waals surface area contributed by atoms with Crippen LogP contribution in [0.3, 0.4) is 0 Å². The third-order valence-corrected chi connectivity index (χ3v) is 5.89. The zero-order valence-electron chi connectivity index (χ0n) is 17.3. The van der Waals surface area contributed by atoms with E-state index in [1.165, 1.54) is 25.3 Å². The summed E-state index contributed by atoms with van der Waals surface area (Å²) in [6.45, 7) is 0. The summed E-state index contributed by atoms with van der Waals surface area (Å²) in [5.41, 5.74) is 1.54. The molecule has 0 aliphatic rings. The van der Waals surface area contributed by atoms with Gasteiger partial charge in [0.25, 0.3) is 15.9 Å². The van der Waals surface area contributed by atoms with Crippen LogP contribution in [-0.2, 0) is 10.0 Å². The van der Waals surface area contributed by atoms with Gasteiger partial charge in [0.2, 0.25) is 0 Å². The molecule has 0 atom stereocenters. The van der Waals surface area contributed by atoms with E-state index in [0.29, 0.717) is 11.3 Å². The highest BCUT2D eigenvalue weighted by molar-refractivity contribution is 7.92. The number of hydrogen-bond acceptors (Lipinski definition) is 6. The number of phenolic OH excluding ortho intramolecular Hbond substituents is 1. The van der Waals surface area contributed by atoms with E-state index in [1.54, 1.807) is 48.5 Å². The van der Waals surface area contributed by atoms with Crippen LogP contribution in [0.25, 0.3) is 0 Å². The Hall–Kier alpha value is -3.72. The van der Waals surface area contributed by atoms with Gasteiger partial charge in [-0.3, -0.25) is 9.52 Å². The number of carbonyl (C=O) groups is 1. The van der Waals surface area contributed by atoms with Crippen LogP contribution in [0.1, 0.15) is 10.4 Å². The van der Waals surface area contributed by atoms with Crippen molar-refractivity contribution >= 4 is 33.0 Å². The van der Waals surface area contributed by atoms with E-state index in [1.807, 2.05) is 19.0 Å². The molecule has 8 nitrogen and oxygen atoms in total. The van der Waals surface area contributed by atoms with E-state index >= 15 is 0 Å². The molecule has 9 heteroatoms. The highest BCUT2D eigenvalue weighted by Crippen LogP contribution is 2.30. The number of anilines is 3. The van der Waals surface area contributed by atoms with Gasteiger partial charge in [-0.05, 0) is 54.6 Å². The molecule has 1 amide bonds. The molecule has 3 rings (SSSR count). The Morgan fingerprint density at radius 3 is 2.29 bits per heavy atom. The lowest BCUT2D eigenvalue weighted by atomic mass is 10.2. The first kappa shape index (κ1) is 22.0. The molecule has 3 aromatic rings. The van der Waals surface area contributed by atoms with E-state index in [9.17, 15) is 18.3 Å². The Labute approximate surface area is 181 Å². The first-order valence-electron chi connectivity index (χ1n) is 9.29. The Bertz CT molecular complexity index is 1190. The number of rotatable bonds is 7. The first-order chi connectivity index (χ1) is 14.7. The van der Waals surface area contributed by atoms with Crippen LogP contribution >= 0.6 is 0 Å². The van der Waals surface area contributed by atoms with Crippen molar-refractivity contribution in [3.8, 4) is 11.5 Å². The van der Waals surface area contributed by atoms with Gasteiger partial charge in [-0.1, -0.05) is 12.1 Å². The zero-order chi connectivity index (χ0) is 22.6. The standard InChI is InChI=1S/C22H23N3O5S/c1-25(2)16-10-8-15(9-11-16)22(27)23-19-14-17(12-13-20(19)26)31(28,29)24-18-6-4-5-7-21(18)30-3/h4-14,24,26H,1-3H3,(H,23,27). The summed E-state index contributed by atoms with van der Waals surface area (Å²) in [6.07, 6.45) is 0. The predicted octanol–water partition coefficient (Wildman–Crippen LogP) is 3.52. The molecule has 3 N–H and O–H groups in total. The third-order valence-electron chi connectivity index (χ3n) is 4.52. The highest BCUT2D eigenvalue weighted by atomic mass is 32.2. The molecular weight excluding hydrogens is 418 g/mol. The second kappa shape index (κ2) is 8.97.